The number of fused-ring (bicyclic) bond motifs is 8. The molecule has 6 heterocycles. The summed E-state index contributed by atoms with van der Waals surface area (Å²) in [5, 5.41) is 4.95. The third kappa shape index (κ3) is 10.2. The highest BCUT2D eigenvalue weighted by Crippen LogP contribution is 2.55. The van der Waals surface area contributed by atoms with Crippen LogP contribution in [0.4, 0.5) is 68.5 Å². The zero-order valence-electron chi connectivity index (χ0n) is 32.5. The summed E-state index contributed by atoms with van der Waals surface area (Å²) in [6, 6.07) is 4.68. The number of carbonyl (C=O) groups excluding carboxylic acids is 3. The van der Waals surface area contributed by atoms with Crippen molar-refractivity contribution in [1.29, 1.82) is 0 Å². The Morgan fingerprint density at radius 2 is 1.18 bits per heavy atom. The predicted molar refractivity (Wildman–Crippen MR) is 202 cm³/mol. The molecule has 0 aliphatic carbocycles. The second kappa shape index (κ2) is 19.2. The molecule has 0 aromatic carbocycles. The van der Waals surface area contributed by atoms with Crippen LogP contribution in [-0.2, 0) is 23.9 Å². The summed E-state index contributed by atoms with van der Waals surface area (Å²) in [6.45, 7) is -3.15. The molecule has 4 aromatic rings. The number of anilines is 2. The minimum atomic E-state index is -7.55. The molecule has 14 nitrogen and oxygen atoms in total. The van der Waals surface area contributed by atoms with Crippen LogP contribution in [0.1, 0.15) is 82.7 Å². The fraction of sp³-hybridized carbons (Fsp3) is 0.432. The van der Waals surface area contributed by atoms with Gasteiger partial charge in [0.25, 0.3) is 0 Å². The lowest BCUT2D eigenvalue weighted by atomic mass is 9.99. The van der Waals surface area contributed by atoms with Gasteiger partial charge >= 0.3 is 46.5 Å². The summed E-state index contributed by atoms with van der Waals surface area (Å²) >= 11 is 0. The number of hydrogen-bond acceptors (Lipinski definition) is 10. The lowest BCUT2D eigenvalue weighted by Gasteiger charge is -2.32. The molecular formula is C37H35F13N8O6S. The Morgan fingerprint density at radius 1 is 0.723 bits per heavy atom. The molecule has 2 N–H and O–H groups in total. The molecule has 2 atom stereocenters. The van der Waals surface area contributed by atoms with Gasteiger partial charge in [0, 0.05) is 41.8 Å². The second-order valence-corrected chi connectivity index (χ2v) is 15.6. The van der Waals surface area contributed by atoms with Gasteiger partial charge in [-0.1, -0.05) is 21.3 Å². The summed E-state index contributed by atoms with van der Waals surface area (Å²) in [7, 11) is -7.34. The molecule has 356 valence electrons. The normalized spacial score (nSPS) is 18.7. The van der Waals surface area contributed by atoms with Crippen LogP contribution in [0.25, 0.3) is 28.3 Å². The third-order valence-corrected chi connectivity index (χ3v) is 10.9. The molecule has 0 radical (unpaired) electrons. The second-order valence-electron chi connectivity index (χ2n) is 14.1. The lowest BCUT2D eigenvalue weighted by Crippen LogP contribution is -2.63. The summed E-state index contributed by atoms with van der Waals surface area (Å²) in [6.07, 6.45) is -1.82. The SMILES string of the molecule is C.CC1CC/C=C(/OS(=O)(=O)C(F)(F)C(F)(F)C(F)(F)C(F)(F)F)c2cc(ccn2)-c2c(cnn2C(F)F)NC1=O.CC1CCCC(=O)c2cc(ccn2)-c2c(cnn2C(F)F)NC1=O. The van der Waals surface area contributed by atoms with Crippen LogP contribution in [0.15, 0.2) is 55.1 Å². The quantitative estimate of drug-likeness (QED) is 0.134. The van der Waals surface area contributed by atoms with Crippen molar-refractivity contribution in [3.63, 3.8) is 0 Å². The first kappa shape index (κ1) is 51.5. The van der Waals surface area contributed by atoms with Crippen molar-refractivity contribution in [2.75, 3.05) is 10.6 Å². The highest BCUT2D eigenvalue weighted by atomic mass is 32.2. The average molecular weight is 967 g/mol. The Bertz CT molecular complexity index is 2550. The van der Waals surface area contributed by atoms with E-state index in [-0.39, 0.29) is 70.9 Å². The van der Waals surface area contributed by atoms with Crippen molar-refractivity contribution in [2.45, 2.75) is 89.8 Å². The Kier molecular flexibility index (Phi) is 15.2. The molecule has 65 heavy (non-hydrogen) atoms. The molecule has 2 unspecified atom stereocenters. The maximum atomic E-state index is 14.3. The van der Waals surface area contributed by atoms with Crippen molar-refractivity contribution in [2.24, 2.45) is 11.8 Å². The Labute approximate surface area is 359 Å². The average Bonchev–Trinajstić information content (AvgIpc) is 3.84. The van der Waals surface area contributed by atoms with E-state index in [0.717, 1.165) is 18.5 Å². The number of carbonyl (C=O) groups is 3. The number of nitrogens with zero attached hydrogens (tertiary/aromatic N) is 6. The molecule has 4 bridgehead atoms. The monoisotopic (exact) mass is 966 g/mol. The van der Waals surface area contributed by atoms with Crippen molar-refractivity contribution in [1.82, 2.24) is 29.5 Å². The maximum absolute atomic E-state index is 14.3. The van der Waals surface area contributed by atoms with E-state index >= 15 is 0 Å². The van der Waals surface area contributed by atoms with E-state index in [1.54, 1.807) is 6.92 Å². The predicted octanol–water partition coefficient (Wildman–Crippen LogP) is 9.74. The molecule has 2 aliphatic rings. The fourth-order valence-electron chi connectivity index (χ4n) is 6.03. The van der Waals surface area contributed by atoms with Gasteiger partial charge in [-0.15, -0.1) is 0 Å². The van der Waals surface area contributed by atoms with Gasteiger partial charge in [-0.25, -0.2) is 9.36 Å². The Balaban J connectivity index is 0.000000315. The summed E-state index contributed by atoms with van der Waals surface area (Å²) in [5.41, 5.74) is -1.12. The summed E-state index contributed by atoms with van der Waals surface area (Å²) in [5.74, 6) is -19.0. The molecule has 0 fully saturated rings. The van der Waals surface area contributed by atoms with E-state index in [4.69, 9.17) is 0 Å². The standard InChI is InChI=1S/C20H15F11N4O4S.C16H16F2N4O2.CH4/c1-9-3-2-4-13(39-40(37,38)20(30,31)18(25,26)17(23,24)19(27,28)29)11-7-10(5-6-32-11)14-12(34-15(9)36)8-33-35(14)16(21)22;1-9-3-2-4-13(23)11-7-10(5-6-19-11)14-12(21-15(9)24)8-20-22(14)16(17)18;/h4-9,16H,2-3H2,1H3,(H,34,36);5-9,16H,2-4H2,1H3,(H,21,24);1H4/b13-4+;;. The number of ketones is 1. The number of halogens is 13. The van der Waals surface area contributed by atoms with Crippen molar-refractivity contribution in [3.05, 3.63) is 66.5 Å². The number of aromatic nitrogens is 6. The number of rotatable bonds is 7. The van der Waals surface area contributed by atoms with Gasteiger partial charge in [0.2, 0.25) is 11.8 Å². The first-order valence-electron chi connectivity index (χ1n) is 18.3. The third-order valence-electron chi connectivity index (χ3n) is 9.58. The van der Waals surface area contributed by atoms with Crippen LogP contribution >= 0.6 is 0 Å². The van der Waals surface area contributed by atoms with Crippen LogP contribution in [-0.4, -0.2) is 78.8 Å². The first-order chi connectivity index (χ1) is 29.6. The number of nitrogens with one attached hydrogen (secondary N) is 2. The van der Waals surface area contributed by atoms with E-state index in [1.165, 1.54) is 31.5 Å². The van der Waals surface area contributed by atoms with E-state index in [0.29, 0.717) is 35.2 Å². The largest absolute Gasteiger partial charge is 0.460 e. The topological polar surface area (TPSA) is 180 Å². The van der Waals surface area contributed by atoms with Gasteiger partial charge in [0.05, 0.1) is 35.2 Å². The molecular weight excluding hydrogens is 931 g/mol. The number of pyridine rings is 2. The van der Waals surface area contributed by atoms with Crippen LogP contribution in [0.2, 0.25) is 0 Å². The number of Topliss-reactive ketones (excluding diaryl/α,β-unsaturated/α-hetero) is 1. The van der Waals surface area contributed by atoms with Crippen LogP contribution < -0.4 is 10.6 Å². The molecule has 0 saturated heterocycles. The highest BCUT2D eigenvalue weighted by molar-refractivity contribution is 7.88. The first-order valence-corrected chi connectivity index (χ1v) is 19.7. The number of alkyl halides is 13. The van der Waals surface area contributed by atoms with Crippen LogP contribution in [0, 0.1) is 11.8 Å². The van der Waals surface area contributed by atoms with E-state index in [9.17, 15) is 79.9 Å². The minimum absolute atomic E-state index is 0. The molecule has 2 aliphatic heterocycles. The van der Waals surface area contributed by atoms with E-state index < -0.39 is 81.9 Å². The minimum Gasteiger partial charge on any atom is -0.376 e. The van der Waals surface area contributed by atoms with Gasteiger partial charge < -0.3 is 14.8 Å². The van der Waals surface area contributed by atoms with Gasteiger partial charge in [0.15, 0.2) is 11.5 Å². The highest BCUT2D eigenvalue weighted by Gasteiger charge is 2.86. The maximum Gasteiger partial charge on any atom is 0.460 e. The van der Waals surface area contributed by atoms with Crippen LogP contribution in [0.3, 0.4) is 0 Å². The molecule has 4 aromatic heterocycles. The molecule has 2 amide bonds. The van der Waals surface area contributed by atoms with Crippen molar-refractivity contribution >= 4 is 44.8 Å². The number of amides is 2. The van der Waals surface area contributed by atoms with E-state index in [2.05, 4.69) is 35.0 Å². The lowest BCUT2D eigenvalue weighted by molar-refractivity contribution is -0.382. The number of allylic oxidation sites excluding steroid dienone is 1. The smallest absolute Gasteiger partial charge is 0.376 e. The summed E-state index contributed by atoms with van der Waals surface area (Å²) in [4.78, 5) is 44.6. The zero-order chi connectivity index (χ0) is 47.7. The Morgan fingerprint density at radius 3 is 1.66 bits per heavy atom. The number of hydrogen-bond donors (Lipinski definition) is 2. The fourth-order valence-corrected chi connectivity index (χ4v) is 6.96. The van der Waals surface area contributed by atoms with Gasteiger partial charge in [0.1, 0.15) is 11.4 Å². The van der Waals surface area contributed by atoms with Crippen molar-refractivity contribution in [3.8, 4) is 22.5 Å². The Hall–Kier alpha value is -6.09. The van der Waals surface area contributed by atoms with Gasteiger partial charge in [-0.2, -0.15) is 75.7 Å². The van der Waals surface area contributed by atoms with Gasteiger partial charge in [-0.3, -0.25) is 24.4 Å². The molecule has 28 heteroatoms. The molecule has 6 rings (SSSR count). The molecule has 0 saturated carbocycles. The molecule has 0 spiro atoms. The zero-order valence-corrected chi connectivity index (χ0v) is 33.3. The van der Waals surface area contributed by atoms with E-state index in [1.807, 2.05) is 0 Å². The van der Waals surface area contributed by atoms with Crippen molar-refractivity contribution < 1.29 is 84.1 Å². The van der Waals surface area contributed by atoms with Crippen LogP contribution in [0.5, 0.6) is 0 Å². The summed E-state index contributed by atoms with van der Waals surface area (Å²) < 4.78 is 202. The van der Waals surface area contributed by atoms with Gasteiger partial charge in [-0.05, 0) is 56.0 Å².